The third-order valence-electron chi connectivity index (χ3n) is 3.49. The van der Waals surface area contributed by atoms with Crippen molar-refractivity contribution in [3.05, 3.63) is 23.5 Å². The SMILES string of the molecule is Cc1cc(N2CCSC(C)C2)c(CNC(C)(C)C)cn1. The molecule has 2 rings (SSSR count). The molecule has 112 valence electrons. The van der Waals surface area contributed by atoms with Crippen LogP contribution in [0, 0.1) is 6.92 Å². The first-order valence-corrected chi connectivity index (χ1v) is 8.47. The number of rotatable bonds is 3. The van der Waals surface area contributed by atoms with Gasteiger partial charge in [0.05, 0.1) is 0 Å². The summed E-state index contributed by atoms with van der Waals surface area (Å²) in [6.07, 6.45) is 2.04. The van der Waals surface area contributed by atoms with Crippen LogP contribution in [0.1, 0.15) is 39.0 Å². The molecule has 3 nitrogen and oxygen atoms in total. The highest BCUT2D eigenvalue weighted by Gasteiger charge is 2.20. The molecule has 1 fully saturated rings. The first-order valence-electron chi connectivity index (χ1n) is 7.42. The Labute approximate surface area is 127 Å². The Morgan fingerprint density at radius 3 is 2.85 bits per heavy atom. The Morgan fingerprint density at radius 1 is 1.45 bits per heavy atom. The maximum absolute atomic E-state index is 4.48. The van der Waals surface area contributed by atoms with Gasteiger partial charge in [0.1, 0.15) is 0 Å². The normalized spacial score (nSPS) is 20.2. The van der Waals surface area contributed by atoms with Crippen LogP contribution in [0.4, 0.5) is 5.69 Å². The van der Waals surface area contributed by atoms with E-state index in [1.807, 2.05) is 6.20 Å². The van der Waals surface area contributed by atoms with Crippen molar-refractivity contribution in [3.8, 4) is 0 Å². The zero-order chi connectivity index (χ0) is 14.8. The molecule has 1 aromatic heterocycles. The maximum Gasteiger partial charge on any atom is 0.0446 e. The van der Waals surface area contributed by atoms with E-state index >= 15 is 0 Å². The van der Waals surface area contributed by atoms with Crippen LogP contribution in [0.15, 0.2) is 12.3 Å². The molecular weight excluding hydrogens is 266 g/mol. The van der Waals surface area contributed by atoms with Crippen LogP contribution < -0.4 is 10.2 Å². The highest BCUT2D eigenvalue weighted by Crippen LogP contribution is 2.27. The van der Waals surface area contributed by atoms with Crippen LogP contribution in [0.25, 0.3) is 0 Å². The third-order valence-corrected chi connectivity index (χ3v) is 4.63. The van der Waals surface area contributed by atoms with Gasteiger partial charge in [0, 0.05) is 59.3 Å². The van der Waals surface area contributed by atoms with E-state index in [0.717, 1.165) is 25.3 Å². The maximum atomic E-state index is 4.48. The van der Waals surface area contributed by atoms with E-state index in [1.54, 1.807) is 0 Å². The average molecular weight is 293 g/mol. The summed E-state index contributed by atoms with van der Waals surface area (Å²) in [5, 5.41) is 4.29. The number of pyridine rings is 1. The predicted molar refractivity (Wildman–Crippen MR) is 89.7 cm³/mol. The van der Waals surface area contributed by atoms with E-state index in [9.17, 15) is 0 Å². The van der Waals surface area contributed by atoms with Gasteiger partial charge in [0.2, 0.25) is 0 Å². The number of thioether (sulfide) groups is 1. The number of aromatic nitrogens is 1. The second kappa shape index (κ2) is 6.35. The quantitative estimate of drug-likeness (QED) is 0.926. The first kappa shape index (κ1) is 15.6. The molecule has 1 aromatic rings. The monoisotopic (exact) mass is 293 g/mol. The van der Waals surface area contributed by atoms with E-state index in [4.69, 9.17) is 0 Å². The summed E-state index contributed by atoms with van der Waals surface area (Å²) >= 11 is 2.07. The molecule has 1 aliphatic rings. The van der Waals surface area contributed by atoms with Crippen molar-refractivity contribution in [1.82, 2.24) is 10.3 Å². The number of hydrogen-bond donors (Lipinski definition) is 1. The summed E-state index contributed by atoms with van der Waals surface area (Å²) in [6, 6.07) is 2.24. The lowest BCUT2D eigenvalue weighted by molar-refractivity contribution is 0.424. The Kier molecular flexibility index (Phi) is 4.97. The Morgan fingerprint density at radius 2 is 2.20 bits per heavy atom. The van der Waals surface area contributed by atoms with Crippen LogP contribution in [-0.4, -0.2) is 34.6 Å². The minimum absolute atomic E-state index is 0.132. The van der Waals surface area contributed by atoms with Gasteiger partial charge in [-0.2, -0.15) is 11.8 Å². The summed E-state index contributed by atoms with van der Waals surface area (Å²) in [4.78, 5) is 7.01. The molecule has 0 radical (unpaired) electrons. The van der Waals surface area contributed by atoms with E-state index < -0.39 is 0 Å². The van der Waals surface area contributed by atoms with Crippen molar-refractivity contribution in [1.29, 1.82) is 0 Å². The van der Waals surface area contributed by atoms with E-state index in [1.165, 1.54) is 17.0 Å². The van der Waals surface area contributed by atoms with Crippen molar-refractivity contribution in [2.45, 2.75) is 52.0 Å². The fourth-order valence-corrected chi connectivity index (χ4v) is 3.42. The summed E-state index contributed by atoms with van der Waals surface area (Å²) in [7, 11) is 0. The van der Waals surface area contributed by atoms with Gasteiger partial charge < -0.3 is 10.2 Å². The number of anilines is 1. The second-order valence-electron chi connectivity index (χ2n) is 6.69. The number of aryl methyl sites for hydroxylation is 1. The van der Waals surface area contributed by atoms with Gasteiger partial charge in [-0.05, 0) is 33.8 Å². The summed E-state index contributed by atoms with van der Waals surface area (Å²) in [5.74, 6) is 1.22. The van der Waals surface area contributed by atoms with Crippen molar-refractivity contribution in [3.63, 3.8) is 0 Å². The van der Waals surface area contributed by atoms with Gasteiger partial charge >= 0.3 is 0 Å². The molecule has 1 aliphatic heterocycles. The van der Waals surface area contributed by atoms with E-state index in [2.05, 4.69) is 67.6 Å². The smallest absolute Gasteiger partial charge is 0.0446 e. The molecule has 1 saturated heterocycles. The summed E-state index contributed by atoms with van der Waals surface area (Å²) in [5.41, 5.74) is 3.91. The molecule has 0 aromatic carbocycles. The lowest BCUT2D eigenvalue weighted by atomic mass is 10.1. The lowest BCUT2D eigenvalue weighted by Gasteiger charge is -2.34. The van der Waals surface area contributed by atoms with Gasteiger partial charge in [-0.3, -0.25) is 4.98 Å². The summed E-state index contributed by atoms with van der Waals surface area (Å²) < 4.78 is 0. The number of hydrogen-bond acceptors (Lipinski definition) is 4. The van der Waals surface area contributed by atoms with Crippen molar-refractivity contribution >= 4 is 17.4 Å². The molecular formula is C16H27N3S. The Hall–Kier alpha value is -0.740. The zero-order valence-electron chi connectivity index (χ0n) is 13.4. The number of nitrogens with zero attached hydrogens (tertiary/aromatic N) is 2. The molecule has 0 aliphatic carbocycles. The molecule has 1 atom stereocenters. The van der Waals surface area contributed by atoms with Crippen LogP contribution in [0.5, 0.6) is 0 Å². The van der Waals surface area contributed by atoms with Gasteiger partial charge in [0.25, 0.3) is 0 Å². The fourth-order valence-electron chi connectivity index (χ4n) is 2.40. The van der Waals surface area contributed by atoms with Gasteiger partial charge in [-0.1, -0.05) is 6.92 Å². The van der Waals surface area contributed by atoms with E-state index in [0.29, 0.717) is 5.25 Å². The fraction of sp³-hybridized carbons (Fsp3) is 0.688. The predicted octanol–water partition coefficient (Wildman–Crippen LogP) is 3.22. The standard InChI is InChI=1S/C16H27N3S/c1-12-8-15(19-6-7-20-13(2)11-19)14(9-17-12)10-18-16(3,4)5/h8-9,13,18H,6-7,10-11H2,1-5H3. The molecule has 0 bridgehead atoms. The molecule has 2 heterocycles. The van der Waals surface area contributed by atoms with Gasteiger partial charge in [0.15, 0.2) is 0 Å². The third kappa shape index (κ3) is 4.38. The topological polar surface area (TPSA) is 28.2 Å². The minimum atomic E-state index is 0.132. The van der Waals surface area contributed by atoms with E-state index in [-0.39, 0.29) is 5.54 Å². The molecule has 0 spiro atoms. The average Bonchev–Trinajstić information content (AvgIpc) is 2.36. The molecule has 0 amide bonds. The largest absolute Gasteiger partial charge is 0.369 e. The van der Waals surface area contributed by atoms with Gasteiger partial charge in [-0.15, -0.1) is 0 Å². The molecule has 20 heavy (non-hydrogen) atoms. The van der Waals surface area contributed by atoms with Crippen LogP contribution in [-0.2, 0) is 6.54 Å². The van der Waals surface area contributed by atoms with Crippen LogP contribution in [0.3, 0.4) is 0 Å². The molecule has 1 unspecified atom stereocenters. The second-order valence-corrected chi connectivity index (χ2v) is 8.23. The van der Waals surface area contributed by atoms with Gasteiger partial charge in [-0.25, -0.2) is 0 Å². The highest BCUT2D eigenvalue weighted by molar-refractivity contribution is 8.00. The Bertz CT molecular complexity index is 454. The van der Waals surface area contributed by atoms with Crippen molar-refractivity contribution < 1.29 is 0 Å². The van der Waals surface area contributed by atoms with Crippen molar-refractivity contribution in [2.75, 3.05) is 23.7 Å². The molecule has 0 saturated carbocycles. The van der Waals surface area contributed by atoms with Crippen LogP contribution >= 0.6 is 11.8 Å². The first-order chi connectivity index (χ1) is 9.35. The number of nitrogens with one attached hydrogen (secondary N) is 1. The van der Waals surface area contributed by atoms with Crippen molar-refractivity contribution in [2.24, 2.45) is 0 Å². The lowest BCUT2D eigenvalue weighted by Crippen LogP contribution is -2.39. The molecule has 1 N–H and O–H groups in total. The highest BCUT2D eigenvalue weighted by atomic mass is 32.2. The Balaban J connectivity index is 2.19. The summed E-state index contributed by atoms with van der Waals surface area (Å²) in [6.45, 7) is 14.2. The minimum Gasteiger partial charge on any atom is -0.369 e. The molecule has 4 heteroatoms. The zero-order valence-corrected chi connectivity index (χ0v) is 14.2. The van der Waals surface area contributed by atoms with Crippen LogP contribution in [0.2, 0.25) is 0 Å².